The first-order chi connectivity index (χ1) is 13.6. The number of nitrogens with zero attached hydrogens (tertiary/aromatic N) is 4. The lowest BCUT2D eigenvalue weighted by atomic mass is 9.80. The predicted octanol–water partition coefficient (Wildman–Crippen LogP) is 4.01. The first-order valence-corrected chi connectivity index (χ1v) is 10.2. The zero-order valence-corrected chi connectivity index (χ0v) is 16.4. The van der Waals surface area contributed by atoms with Crippen molar-refractivity contribution in [1.82, 2.24) is 19.9 Å². The molecule has 1 N–H and O–H groups in total. The third-order valence-electron chi connectivity index (χ3n) is 6.26. The summed E-state index contributed by atoms with van der Waals surface area (Å²) in [6.07, 6.45) is 7.48. The number of hydrogen-bond acceptors (Lipinski definition) is 4. The lowest BCUT2D eigenvalue weighted by Crippen LogP contribution is -2.54. The molecule has 0 radical (unpaired) electrons. The van der Waals surface area contributed by atoms with Gasteiger partial charge in [0.05, 0.1) is 5.39 Å². The van der Waals surface area contributed by atoms with Gasteiger partial charge in [-0.25, -0.2) is 14.4 Å². The van der Waals surface area contributed by atoms with E-state index in [2.05, 4.69) is 35.2 Å². The fraction of sp³-hybridized carbons (Fsp3) is 0.455. The van der Waals surface area contributed by atoms with Crippen LogP contribution < -0.4 is 10.2 Å². The molecule has 2 fully saturated rings. The van der Waals surface area contributed by atoms with Crippen molar-refractivity contribution in [3.63, 3.8) is 0 Å². The van der Waals surface area contributed by atoms with Crippen LogP contribution in [0.2, 0.25) is 0 Å². The van der Waals surface area contributed by atoms with Crippen LogP contribution in [0.5, 0.6) is 0 Å². The summed E-state index contributed by atoms with van der Waals surface area (Å²) in [5, 5.41) is 4.68. The topological polar surface area (TPSA) is 46.0 Å². The number of anilines is 1. The van der Waals surface area contributed by atoms with Crippen LogP contribution in [-0.4, -0.2) is 39.7 Å². The Morgan fingerprint density at radius 1 is 1.18 bits per heavy atom. The Labute approximate surface area is 164 Å². The second-order valence-corrected chi connectivity index (χ2v) is 8.27. The van der Waals surface area contributed by atoms with Crippen molar-refractivity contribution < 1.29 is 4.39 Å². The van der Waals surface area contributed by atoms with Gasteiger partial charge in [-0.15, -0.1) is 0 Å². The van der Waals surface area contributed by atoms with Gasteiger partial charge in [-0.3, -0.25) is 0 Å². The number of piperazine rings is 1. The lowest BCUT2D eigenvalue weighted by Gasteiger charge is -2.39. The van der Waals surface area contributed by atoms with Crippen LogP contribution in [0.4, 0.5) is 10.2 Å². The van der Waals surface area contributed by atoms with Gasteiger partial charge in [0.15, 0.2) is 0 Å². The van der Waals surface area contributed by atoms with Crippen LogP contribution in [0.3, 0.4) is 0 Å². The third kappa shape index (κ3) is 2.87. The van der Waals surface area contributed by atoms with Crippen molar-refractivity contribution in [2.45, 2.75) is 51.1 Å². The monoisotopic (exact) mass is 379 g/mol. The fourth-order valence-electron chi connectivity index (χ4n) is 4.46. The Morgan fingerprint density at radius 2 is 2.04 bits per heavy atom. The number of hydrogen-bond donors (Lipinski definition) is 1. The second-order valence-electron chi connectivity index (χ2n) is 8.27. The summed E-state index contributed by atoms with van der Waals surface area (Å²) in [6, 6.07) is 7.51. The van der Waals surface area contributed by atoms with E-state index < -0.39 is 0 Å². The highest BCUT2D eigenvalue weighted by Crippen LogP contribution is 2.43. The predicted molar refractivity (Wildman–Crippen MR) is 110 cm³/mol. The molecule has 5 nitrogen and oxygen atoms in total. The number of rotatable bonds is 3. The first-order valence-electron chi connectivity index (χ1n) is 10.2. The van der Waals surface area contributed by atoms with E-state index in [1.807, 2.05) is 10.6 Å². The molecule has 2 atom stereocenters. The highest BCUT2D eigenvalue weighted by atomic mass is 19.1. The number of nitrogens with one attached hydrogen (secondary N) is 1. The summed E-state index contributed by atoms with van der Waals surface area (Å²) in [5.74, 6) is 1.32. The van der Waals surface area contributed by atoms with E-state index in [0.29, 0.717) is 18.0 Å². The molecule has 0 spiro atoms. The van der Waals surface area contributed by atoms with E-state index in [1.54, 1.807) is 18.5 Å². The van der Waals surface area contributed by atoms with E-state index in [1.165, 1.54) is 30.9 Å². The molecule has 5 rings (SSSR count). The normalized spacial score (nSPS) is 23.2. The van der Waals surface area contributed by atoms with Crippen LogP contribution >= 0.6 is 0 Å². The zero-order valence-electron chi connectivity index (χ0n) is 16.4. The van der Waals surface area contributed by atoms with Crippen LogP contribution in [0.1, 0.15) is 44.6 Å². The van der Waals surface area contributed by atoms with Gasteiger partial charge in [0.1, 0.15) is 23.6 Å². The first kappa shape index (κ1) is 17.6. The van der Waals surface area contributed by atoms with Crippen LogP contribution in [-0.2, 0) is 0 Å². The number of benzene rings is 1. The lowest BCUT2D eigenvalue weighted by molar-refractivity contribution is 0.418. The van der Waals surface area contributed by atoms with Crippen molar-refractivity contribution in [3.8, 4) is 5.69 Å². The fourth-order valence-corrected chi connectivity index (χ4v) is 4.46. The summed E-state index contributed by atoms with van der Waals surface area (Å²) in [5.41, 5.74) is 2.98. The smallest absolute Gasteiger partial charge is 0.150 e. The number of aromatic nitrogens is 3. The minimum Gasteiger partial charge on any atom is -0.350 e. The Bertz CT molecular complexity index is 1010. The molecule has 6 heteroatoms. The molecular formula is C22H26FN5. The Hall–Kier alpha value is -2.47. The molecule has 2 aliphatic rings. The number of halogens is 1. The van der Waals surface area contributed by atoms with E-state index >= 15 is 0 Å². The average molecular weight is 379 g/mol. The molecule has 3 aromatic rings. The average Bonchev–Trinajstić information content (AvgIpc) is 3.02. The highest BCUT2D eigenvalue weighted by molar-refractivity contribution is 5.93. The molecular weight excluding hydrogens is 353 g/mol. The van der Waals surface area contributed by atoms with E-state index in [-0.39, 0.29) is 5.82 Å². The molecule has 0 unspecified atom stereocenters. The van der Waals surface area contributed by atoms with Crippen LogP contribution in [0, 0.1) is 5.82 Å². The van der Waals surface area contributed by atoms with Crippen molar-refractivity contribution in [1.29, 1.82) is 0 Å². The molecule has 1 saturated heterocycles. The maximum Gasteiger partial charge on any atom is 0.150 e. The molecule has 2 aromatic heterocycles. The van der Waals surface area contributed by atoms with Gasteiger partial charge in [-0.2, -0.15) is 0 Å². The SMILES string of the molecule is C[C@@H]1CN(c2ncnc3c2c(C2CCC2)cn3-c2cccc(F)c2)[C@@H](C)CN1. The highest BCUT2D eigenvalue weighted by Gasteiger charge is 2.31. The maximum atomic E-state index is 13.9. The Kier molecular flexibility index (Phi) is 4.31. The standard InChI is InChI=1S/C22H26FN5/c1-14-11-27(15(2)10-24-14)21-20-19(16-5-3-6-16)12-28(22(20)26-13-25-21)18-8-4-7-17(23)9-18/h4,7-9,12-16,24H,3,5-6,10-11H2,1-2H3/t14-,15+/m1/s1. The van der Waals surface area contributed by atoms with Crippen molar-refractivity contribution >= 4 is 16.9 Å². The van der Waals surface area contributed by atoms with Gasteiger partial charge in [0.2, 0.25) is 0 Å². The summed E-state index contributed by atoms with van der Waals surface area (Å²) >= 11 is 0. The van der Waals surface area contributed by atoms with Gasteiger partial charge < -0.3 is 14.8 Å². The largest absolute Gasteiger partial charge is 0.350 e. The van der Waals surface area contributed by atoms with Crippen LogP contribution in [0.25, 0.3) is 16.7 Å². The van der Waals surface area contributed by atoms with E-state index in [9.17, 15) is 4.39 Å². The molecule has 0 amide bonds. The molecule has 1 saturated carbocycles. The van der Waals surface area contributed by atoms with Gasteiger partial charge in [0.25, 0.3) is 0 Å². The minimum absolute atomic E-state index is 0.233. The summed E-state index contributed by atoms with van der Waals surface area (Å²) in [7, 11) is 0. The molecule has 146 valence electrons. The van der Waals surface area contributed by atoms with Gasteiger partial charge in [0, 0.05) is 37.1 Å². The van der Waals surface area contributed by atoms with Crippen molar-refractivity contribution in [2.75, 3.05) is 18.0 Å². The van der Waals surface area contributed by atoms with Crippen molar-refractivity contribution in [2.24, 2.45) is 0 Å². The second kappa shape index (κ2) is 6.85. The molecule has 1 aliphatic heterocycles. The van der Waals surface area contributed by atoms with Crippen molar-refractivity contribution in [3.05, 3.63) is 48.2 Å². The molecule has 3 heterocycles. The van der Waals surface area contributed by atoms with Gasteiger partial charge >= 0.3 is 0 Å². The third-order valence-corrected chi connectivity index (χ3v) is 6.26. The molecule has 0 bridgehead atoms. The Balaban J connectivity index is 1.72. The molecule has 28 heavy (non-hydrogen) atoms. The van der Waals surface area contributed by atoms with Crippen LogP contribution in [0.15, 0.2) is 36.8 Å². The van der Waals surface area contributed by atoms with Gasteiger partial charge in [-0.1, -0.05) is 12.5 Å². The zero-order chi connectivity index (χ0) is 19.3. The molecule has 1 aromatic carbocycles. The summed E-state index contributed by atoms with van der Waals surface area (Å²) < 4.78 is 15.9. The number of fused-ring (bicyclic) bond motifs is 1. The van der Waals surface area contributed by atoms with E-state index in [4.69, 9.17) is 4.98 Å². The van der Waals surface area contributed by atoms with E-state index in [0.717, 1.165) is 35.6 Å². The van der Waals surface area contributed by atoms with Gasteiger partial charge in [-0.05, 0) is 56.4 Å². The minimum atomic E-state index is -0.233. The molecule has 1 aliphatic carbocycles. The summed E-state index contributed by atoms with van der Waals surface area (Å²) in [6.45, 7) is 6.31. The quantitative estimate of drug-likeness (QED) is 0.747. The maximum absolute atomic E-state index is 13.9. The Morgan fingerprint density at radius 3 is 2.79 bits per heavy atom. The summed E-state index contributed by atoms with van der Waals surface area (Å²) in [4.78, 5) is 11.8.